The third kappa shape index (κ3) is 7.20. The van der Waals surface area contributed by atoms with E-state index in [1.165, 1.54) is 31.2 Å². The van der Waals surface area contributed by atoms with Crippen molar-refractivity contribution in [3.8, 4) is 11.5 Å². The maximum Gasteiger partial charge on any atom is 0.435 e. The third-order valence-corrected chi connectivity index (χ3v) is 6.90. The molecule has 0 saturated heterocycles. The van der Waals surface area contributed by atoms with E-state index in [1.807, 2.05) is 0 Å². The molecule has 250 valence electrons. The zero-order valence-corrected chi connectivity index (χ0v) is 24.2. The Bertz CT molecular complexity index is 1610. The van der Waals surface area contributed by atoms with Crippen LogP contribution in [0.15, 0.2) is 48.5 Å². The van der Waals surface area contributed by atoms with Gasteiger partial charge in [0.1, 0.15) is 5.75 Å². The van der Waals surface area contributed by atoms with Crippen molar-refractivity contribution in [2.45, 2.75) is 57.7 Å². The van der Waals surface area contributed by atoms with Gasteiger partial charge in [0, 0.05) is 35.6 Å². The molecular formula is C30H24F11NO4. The summed E-state index contributed by atoms with van der Waals surface area (Å²) in [4.78, 5) is 26.2. The number of rotatable bonds is 10. The first-order valence-electron chi connectivity index (χ1n) is 12.9. The van der Waals surface area contributed by atoms with Crippen LogP contribution in [-0.2, 0) is 18.0 Å². The van der Waals surface area contributed by atoms with Crippen LogP contribution in [0.4, 0.5) is 54.0 Å². The molecule has 3 rings (SSSR count). The normalized spacial score (nSPS) is 12.7. The summed E-state index contributed by atoms with van der Waals surface area (Å²) in [6.45, 7) is -0.873. The number of nitrogens with one attached hydrogen (secondary N) is 1. The Morgan fingerprint density at radius 2 is 1.46 bits per heavy atom. The summed E-state index contributed by atoms with van der Waals surface area (Å²) in [6, 6.07) is 7.09. The maximum atomic E-state index is 14.7. The number of hydrogen-bond acceptors (Lipinski definition) is 4. The fourth-order valence-electron chi connectivity index (χ4n) is 4.66. The van der Waals surface area contributed by atoms with Crippen LogP contribution in [0, 0.1) is 13.8 Å². The first kappa shape index (κ1) is 36.1. The second-order valence-electron chi connectivity index (χ2n) is 10.2. The van der Waals surface area contributed by atoms with Crippen LogP contribution in [0.5, 0.6) is 11.5 Å². The lowest BCUT2D eigenvalue weighted by Crippen LogP contribution is -2.50. The zero-order valence-electron chi connectivity index (χ0n) is 24.2. The van der Waals surface area contributed by atoms with E-state index in [0.717, 1.165) is 26.2 Å². The molecule has 0 spiro atoms. The minimum absolute atomic E-state index is 0.117. The molecule has 0 aliphatic carbocycles. The smallest absolute Gasteiger partial charge is 0.435 e. The largest absolute Gasteiger partial charge is 0.494 e. The Labute approximate surface area is 254 Å². The summed E-state index contributed by atoms with van der Waals surface area (Å²) >= 11 is 0. The number of benzene rings is 3. The van der Waals surface area contributed by atoms with Gasteiger partial charge in [0.2, 0.25) is 0 Å². The van der Waals surface area contributed by atoms with Crippen molar-refractivity contribution in [3.05, 3.63) is 87.5 Å². The van der Waals surface area contributed by atoms with Crippen molar-refractivity contribution >= 4 is 17.4 Å². The second-order valence-corrected chi connectivity index (χ2v) is 10.2. The van der Waals surface area contributed by atoms with E-state index in [0.29, 0.717) is 6.92 Å². The average molecular weight is 672 g/mol. The van der Waals surface area contributed by atoms with Gasteiger partial charge in [-0.3, -0.25) is 9.59 Å². The second kappa shape index (κ2) is 12.8. The predicted molar refractivity (Wildman–Crippen MR) is 142 cm³/mol. The zero-order chi connectivity index (χ0) is 35.0. The molecule has 5 nitrogen and oxygen atoms in total. The standard InChI is InChI=1S/C30H24F11NO4/c1-14-8-9-16(11-20(14)27(3,33)34)25(44)42-21-7-5-6-18(24(21)45-4)22(43)13-19-15(2)10-17(12-23(19)46-26(31)32)28(35,29(36,37)38)30(39,40)41/h5-12,26H,13H2,1-4H3,(H,42,44). The van der Waals surface area contributed by atoms with Crippen molar-refractivity contribution in [2.24, 2.45) is 0 Å². The van der Waals surface area contributed by atoms with Gasteiger partial charge in [0.15, 0.2) is 11.5 Å². The first-order valence-corrected chi connectivity index (χ1v) is 12.9. The summed E-state index contributed by atoms with van der Waals surface area (Å²) in [5, 5.41) is 2.40. The van der Waals surface area contributed by atoms with Gasteiger partial charge in [-0.05, 0) is 55.3 Å². The van der Waals surface area contributed by atoms with E-state index in [9.17, 15) is 57.9 Å². The number of Topliss-reactive ketones (excluding diaryl/α,β-unsaturated/α-hetero) is 1. The van der Waals surface area contributed by atoms with Crippen LogP contribution < -0.4 is 14.8 Å². The number of methoxy groups -OCH3 is 1. The Kier molecular flexibility index (Phi) is 10.0. The van der Waals surface area contributed by atoms with E-state index in [-0.39, 0.29) is 40.3 Å². The fraction of sp³-hybridized carbons (Fsp3) is 0.333. The molecule has 0 atom stereocenters. The summed E-state index contributed by atoms with van der Waals surface area (Å²) in [5.41, 5.74) is -10.2. The number of amides is 1. The minimum atomic E-state index is -6.55. The minimum Gasteiger partial charge on any atom is -0.494 e. The average Bonchev–Trinajstić information content (AvgIpc) is 2.92. The van der Waals surface area contributed by atoms with E-state index in [1.54, 1.807) is 0 Å². The molecule has 0 radical (unpaired) electrons. The molecule has 16 heteroatoms. The number of alkyl halides is 11. The highest BCUT2D eigenvalue weighted by molar-refractivity contribution is 6.08. The molecule has 0 aliphatic heterocycles. The molecule has 0 heterocycles. The molecule has 0 fully saturated rings. The van der Waals surface area contributed by atoms with Crippen molar-refractivity contribution in [1.82, 2.24) is 0 Å². The number of carbonyl (C=O) groups excluding carboxylic acids is 2. The van der Waals surface area contributed by atoms with Crippen LogP contribution >= 0.6 is 0 Å². The van der Waals surface area contributed by atoms with Gasteiger partial charge in [-0.15, -0.1) is 0 Å². The van der Waals surface area contributed by atoms with Gasteiger partial charge in [-0.2, -0.15) is 35.1 Å². The molecule has 0 saturated carbocycles. The Morgan fingerprint density at radius 1 is 0.848 bits per heavy atom. The van der Waals surface area contributed by atoms with Gasteiger partial charge >= 0.3 is 24.6 Å². The summed E-state index contributed by atoms with van der Waals surface area (Å²) < 4.78 is 158. The molecule has 3 aromatic carbocycles. The fourth-order valence-corrected chi connectivity index (χ4v) is 4.66. The number of aryl methyl sites for hydroxylation is 2. The lowest BCUT2D eigenvalue weighted by atomic mass is 9.89. The number of ketones is 1. The Balaban J connectivity index is 2.04. The van der Waals surface area contributed by atoms with E-state index >= 15 is 0 Å². The molecule has 0 bridgehead atoms. The highest BCUT2D eigenvalue weighted by Gasteiger charge is 2.73. The summed E-state index contributed by atoms with van der Waals surface area (Å²) in [7, 11) is 1.07. The van der Waals surface area contributed by atoms with Crippen LogP contribution in [0.1, 0.15) is 55.5 Å². The SMILES string of the molecule is COc1c(NC(=O)c2ccc(C)c(C(C)(F)F)c2)cccc1C(=O)Cc1c(C)cc(C(F)(C(F)(F)F)C(F)(F)F)cc1OC(F)F. The van der Waals surface area contributed by atoms with Crippen LogP contribution in [0.3, 0.4) is 0 Å². The topological polar surface area (TPSA) is 64.6 Å². The monoisotopic (exact) mass is 671 g/mol. The molecule has 0 aliphatic rings. The van der Waals surface area contributed by atoms with Gasteiger partial charge in [0.25, 0.3) is 11.8 Å². The number of carbonyl (C=O) groups is 2. The van der Waals surface area contributed by atoms with Crippen molar-refractivity contribution in [3.63, 3.8) is 0 Å². The van der Waals surface area contributed by atoms with E-state index in [4.69, 9.17) is 4.74 Å². The molecule has 1 amide bonds. The summed E-state index contributed by atoms with van der Waals surface area (Å²) in [6.07, 6.45) is -14.1. The number of anilines is 1. The number of ether oxygens (including phenoxy) is 2. The van der Waals surface area contributed by atoms with Gasteiger partial charge in [0.05, 0.1) is 18.4 Å². The summed E-state index contributed by atoms with van der Waals surface area (Å²) in [5.74, 6) is -6.80. The molecule has 1 N–H and O–H groups in total. The van der Waals surface area contributed by atoms with Crippen molar-refractivity contribution in [2.75, 3.05) is 12.4 Å². The van der Waals surface area contributed by atoms with Gasteiger partial charge in [-0.25, -0.2) is 13.2 Å². The van der Waals surface area contributed by atoms with Crippen molar-refractivity contribution < 1.29 is 67.4 Å². The third-order valence-electron chi connectivity index (χ3n) is 6.90. The highest BCUT2D eigenvalue weighted by atomic mass is 19.4. The molecule has 0 aromatic heterocycles. The molecular weight excluding hydrogens is 647 g/mol. The van der Waals surface area contributed by atoms with Gasteiger partial charge in [-0.1, -0.05) is 18.2 Å². The van der Waals surface area contributed by atoms with Crippen LogP contribution in [0.25, 0.3) is 0 Å². The van der Waals surface area contributed by atoms with Crippen LogP contribution in [-0.4, -0.2) is 37.8 Å². The molecule has 46 heavy (non-hydrogen) atoms. The molecule has 3 aromatic rings. The maximum absolute atomic E-state index is 14.7. The Hall–Kier alpha value is -4.37. The lowest BCUT2D eigenvalue weighted by Gasteiger charge is -2.31. The van der Waals surface area contributed by atoms with E-state index in [2.05, 4.69) is 10.1 Å². The van der Waals surface area contributed by atoms with Crippen molar-refractivity contribution in [1.29, 1.82) is 0 Å². The molecule has 0 unspecified atom stereocenters. The quantitative estimate of drug-likeness (QED) is 0.173. The predicted octanol–water partition coefficient (Wildman–Crippen LogP) is 8.99. The lowest BCUT2D eigenvalue weighted by molar-refractivity contribution is -0.348. The number of halogens is 11. The first-order chi connectivity index (χ1) is 21.0. The van der Waals surface area contributed by atoms with Crippen LogP contribution in [0.2, 0.25) is 0 Å². The number of hydrogen-bond donors (Lipinski definition) is 1. The Morgan fingerprint density at radius 3 is 1.98 bits per heavy atom. The van der Waals surface area contributed by atoms with Gasteiger partial charge < -0.3 is 14.8 Å². The van der Waals surface area contributed by atoms with E-state index < -0.39 is 76.7 Å². The number of para-hydroxylation sites is 1. The highest BCUT2D eigenvalue weighted by Crippen LogP contribution is 2.54.